The van der Waals surface area contributed by atoms with Crippen molar-refractivity contribution in [2.75, 3.05) is 52.3 Å². The molecule has 2 aromatic carbocycles. The summed E-state index contributed by atoms with van der Waals surface area (Å²) in [4.78, 5) is 33.0. The van der Waals surface area contributed by atoms with Crippen molar-refractivity contribution in [3.8, 4) is 5.75 Å². The average Bonchev–Trinajstić information content (AvgIpc) is 3.26. The van der Waals surface area contributed by atoms with Crippen molar-refractivity contribution in [2.24, 2.45) is 4.99 Å². The SMILES string of the molecule is Cc1cc(N(C)C(=O)OCCN(C)C)ccc1C=CS(=O)(=O)N1CCC2(CC1)N=C(c1cccc(OC(F)(F)F)c1)NC2=O. The molecule has 0 saturated carbocycles. The van der Waals surface area contributed by atoms with Gasteiger partial charge in [0.1, 0.15) is 23.7 Å². The van der Waals surface area contributed by atoms with E-state index in [2.05, 4.69) is 15.0 Å². The molecule has 2 heterocycles. The van der Waals surface area contributed by atoms with Gasteiger partial charge in [-0.25, -0.2) is 13.2 Å². The van der Waals surface area contributed by atoms with Crippen LogP contribution in [0.2, 0.25) is 0 Å². The Labute approximate surface area is 254 Å². The van der Waals surface area contributed by atoms with Crippen LogP contribution in [0.3, 0.4) is 0 Å². The number of nitrogens with one attached hydrogen (secondary N) is 1. The lowest BCUT2D eigenvalue weighted by Crippen LogP contribution is -2.50. The van der Waals surface area contributed by atoms with E-state index >= 15 is 0 Å². The van der Waals surface area contributed by atoms with E-state index in [9.17, 15) is 31.2 Å². The van der Waals surface area contributed by atoms with Gasteiger partial charge >= 0.3 is 12.5 Å². The smallest absolute Gasteiger partial charge is 0.448 e. The maximum atomic E-state index is 13.1. The maximum Gasteiger partial charge on any atom is 0.573 e. The maximum absolute atomic E-state index is 13.1. The number of piperidine rings is 1. The van der Waals surface area contributed by atoms with E-state index in [-0.39, 0.29) is 43.9 Å². The predicted octanol–water partition coefficient (Wildman–Crippen LogP) is 3.74. The van der Waals surface area contributed by atoms with Crippen LogP contribution in [0.25, 0.3) is 6.08 Å². The molecule has 0 atom stereocenters. The molecule has 11 nitrogen and oxygen atoms in total. The number of alkyl halides is 3. The quantitative estimate of drug-likeness (QED) is 0.445. The van der Waals surface area contributed by atoms with Gasteiger partial charge < -0.3 is 19.7 Å². The molecule has 4 rings (SSSR count). The molecule has 1 fully saturated rings. The van der Waals surface area contributed by atoms with Crippen molar-refractivity contribution < 1.29 is 40.7 Å². The number of amidine groups is 1. The highest BCUT2D eigenvalue weighted by atomic mass is 32.2. The van der Waals surface area contributed by atoms with Gasteiger partial charge in [-0.15, -0.1) is 13.2 Å². The second kappa shape index (κ2) is 13.0. The van der Waals surface area contributed by atoms with Gasteiger partial charge in [0.05, 0.1) is 0 Å². The molecule has 2 aliphatic rings. The second-order valence-electron chi connectivity index (χ2n) is 10.8. The minimum atomic E-state index is -4.87. The molecule has 1 spiro atoms. The van der Waals surface area contributed by atoms with E-state index < -0.39 is 39.7 Å². The standard InChI is InChI=1S/C29H34F3N5O6S/c1-20-18-23(36(4)27(39)42-16-15-35(2)3)9-8-21(20)10-17-44(40,41)37-13-11-28(12-14-37)26(38)33-25(34-28)22-6-5-7-24(19-22)43-29(30,31)32/h5-10,17-19H,11-16H2,1-4H3,(H,33,34,38). The normalized spacial score (nSPS) is 17.2. The Morgan fingerprint density at radius 2 is 1.84 bits per heavy atom. The number of benzene rings is 2. The van der Waals surface area contributed by atoms with Crippen LogP contribution in [0.1, 0.15) is 29.5 Å². The second-order valence-corrected chi connectivity index (χ2v) is 12.6. The summed E-state index contributed by atoms with van der Waals surface area (Å²) in [6.45, 7) is 2.68. The van der Waals surface area contributed by atoms with Crippen molar-refractivity contribution >= 4 is 39.6 Å². The van der Waals surface area contributed by atoms with Crippen LogP contribution in [0.5, 0.6) is 5.75 Å². The van der Waals surface area contributed by atoms with Gasteiger partial charge in [-0.1, -0.05) is 18.2 Å². The highest BCUT2D eigenvalue weighted by Gasteiger charge is 2.47. The van der Waals surface area contributed by atoms with Crippen LogP contribution in [-0.2, 0) is 19.6 Å². The van der Waals surface area contributed by atoms with Crippen LogP contribution in [0, 0.1) is 6.92 Å². The van der Waals surface area contributed by atoms with E-state index in [0.717, 1.165) is 23.1 Å². The minimum absolute atomic E-state index is 0.0206. The zero-order valence-electron chi connectivity index (χ0n) is 24.7. The Hall–Kier alpha value is -3.95. The summed E-state index contributed by atoms with van der Waals surface area (Å²) in [6, 6.07) is 10.3. The molecule has 0 aliphatic carbocycles. The number of rotatable bonds is 9. The van der Waals surface area contributed by atoms with Crippen molar-refractivity contribution in [1.29, 1.82) is 0 Å². The van der Waals surface area contributed by atoms with Gasteiger partial charge in [0.15, 0.2) is 0 Å². The third-order valence-corrected chi connectivity index (χ3v) is 8.89. The Morgan fingerprint density at radius 3 is 2.48 bits per heavy atom. The fourth-order valence-corrected chi connectivity index (χ4v) is 5.94. The Balaban J connectivity index is 1.39. The topological polar surface area (TPSA) is 121 Å². The highest BCUT2D eigenvalue weighted by molar-refractivity contribution is 7.92. The molecule has 0 unspecified atom stereocenters. The third kappa shape index (κ3) is 7.95. The van der Waals surface area contributed by atoms with Gasteiger partial charge in [0.25, 0.3) is 5.91 Å². The molecular formula is C29H34F3N5O6S. The number of carbonyl (C=O) groups excluding carboxylic acids is 2. The number of aliphatic imine (C=N–C) groups is 1. The van der Waals surface area contributed by atoms with Crippen LogP contribution in [-0.4, -0.2) is 94.7 Å². The third-order valence-electron chi connectivity index (χ3n) is 7.33. The summed E-state index contributed by atoms with van der Waals surface area (Å²) >= 11 is 0. The molecule has 15 heteroatoms. The number of hydrogen-bond acceptors (Lipinski definition) is 8. The summed E-state index contributed by atoms with van der Waals surface area (Å²) in [5.74, 6) is -0.787. The Kier molecular flexibility index (Phi) is 9.71. The summed E-state index contributed by atoms with van der Waals surface area (Å²) in [5.41, 5.74) is 0.990. The lowest BCUT2D eigenvalue weighted by Gasteiger charge is -2.34. The van der Waals surface area contributed by atoms with E-state index in [1.54, 1.807) is 32.2 Å². The summed E-state index contributed by atoms with van der Waals surface area (Å²) in [6.07, 6.45) is -3.70. The molecule has 0 radical (unpaired) electrons. The monoisotopic (exact) mass is 637 g/mol. The summed E-state index contributed by atoms with van der Waals surface area (Å²) in [5, 5.41) is 3.72. The zero-order chi connectivity index (χ0) is 32.3. The number of carbonyl (C=O) groups is 2. The first-order chi connectivity index (χ1) is 20.6. The summed E-state index contributed by atoms with van der Waals surface area (Å²) in [7, 11) is 1.49. The lowest BCUT2D eigenvalue weighted by molar-refractivity contribution is -0.274. The average molecular weight is 638 g/mol. The lowest BCUT2D eigenvalue weighted by atomic mass is 9.89. The highest BCUT2D eigenvalue weighted by Crippen LogP contribution is 2.33. The van der Waals surface area contributed by atoms with Crippen molar-refractivity contribution in [1.82, 2.24) is 14.5 Å². The van der Waals surface area contributed by atoms with E-state index in [4.69, 9.17) is 4.74 Å². The number of anilines is 1. The fourth-order valence-electron chi connectivity index (χ4n) is 4.76. The number of ether oxygens (including phenoxy) is 2. The van der Waals surface area contributed by atoms with E-state index in [0.29, 0.717) is 17.8 Å². The number of amides is 2. The number of sulfonamides is 1. The molecule has 0 aromatic heterocycles. The summed E-state index contributed by atoms with van der Waals surface area (Å²) < 4.78 is 74.6. The van der Waals surface area contributed by atoms with Crippen LogP contribution in [0.4, 0.5) is 23.7 Å². The first-order valence-electron chi connectivity index (χ1n) is 13.7. The minimum Gasteiger partial charge on any atom is -0.448 e. The van der Waals surface area contributed by atoms with Crippen molar-refractivity contribution in [2.45, 2.75) is 31.7 Å². The van der Waals surface area contributed by atoms with Gasteiger partial charge in [-0.05, 0) is 75.3 Å². The van der Waals surface area contributed by atoms with Crippen molar-refractivity contribution in [3.05, 3.63) is 64.6 Å². The van der Waals surface area contributed by atoms with E-state index in [1.807, 2.05) is 19.0 Å². The molecule has 2 aliphatic heterocycles. The van der Waals surface area contributed by atoms with Crippen LogP contribution < -0.4 is 15.0 Å². The molecular weight excluding hydrogens is 603 g/mol. The van der Waals surface area contributed by atoms with Crippen LogP contribution in [0.15, 0.2) is 52.9 Å². The molecule has 1 N–H and O–H groups in total. The number of hydrogen-bond donors (Lipinski definition) is 1. The molecule has 2 amide bonds. The predicted molar refractivity (Wildman–Crippen MR) is 159 cm³/mol. The van der Waals surface area contributed by atoms with Gasteiger partial charge in [-0.3, -0.25) is 14.7 Å². The molecule has 0 bridgehead atoms. The van der Waals surface area contributed by atoms with Gasteiger partial charge in [0.2, 0.25) is 10.0 Å². The first-order valence-corrected chi connectivity index (χ1v) is 15.2. The largest absolute Gasteiger partial charge is 0.573 e. The first kappa shape index (κ1) is 33.0. The Morgan fingerprint density at radius 1 is 1.14 bits per heavy atom. The number of halogens is 3. The number of nitrogens with zero attached hydrogens (tertiary/aromatic N) is 4. The van der Waals surface area contributed by atoms with Crippen molar-refractivity contribution in [3.63, 3.8) is 0 Å². The zero-order valence-corrected chi connectivity index (χ0v) is 25.5. The molecule has 238 valence electrons. The van der Waals surface area contributed by atoms with Gasteiger partial charge in [0, 0.05) is 43.3 Å². The molecule has 1 saturated heterocycles. The Bertz CT molecular complexity index is 1570. The molecule has 44 heavy (non-hydrogen) atoms. The number of likely N-dealkylation sites (N-methyl/N-ethyl adjacent to an activating group) is 1. The molecule has 2 aromatic rings. The number of aryl methyl sites for hydroxylation is 1. The fraction of sp³-hybridized carbons (Fsp3) is 0.414. The van der Waals surface area contributed by atoms with Crippen LogP contribution >= 0.6 is 0 Å². The van der Waals surface area contributed by atoms with E-state index in [1.165, 1.54) is 27.4 Å². The van der Waals surface area contributed by atoms with Gasteiger partial charge in [-0.2, -0.15) is 4.31 Å².